The maximum Gasteiger partial charge on any atom is 0.130 e. The van der Waals surface area contributed by atoms with Crippen molar-refractivity contribution in [2.24, 2.45) is 0 Å². The molecule has 0 radical (unpaired) electrons. The molecule has 0 saturated carbocycles. The van der Waals surface area contributed by atoms with E-state index in [1.807, 2.05) is 31.2 Å². The van der Waals surface area contributed by atoms with E-state index in [4.69, 9.17) is 14.2 Å². The van der Waals surface area contributed by atoms with Gasteiger partial charge in [-0.2, -0.15) is 0 Å². The topological polar surface area (TPSA) is 47.9 Å². The molecule has 0 saturated heterocycles. The third kappa shape index (κ3) is 2.79. The average Bonchev–Trinajstić information content (AvgIpc) is 2.47. The van der Waals surface area contributed by atoms with Crippen LogP contribution in [0.3, 0.4) is 0 Å². The molecule has 106 valence electrons. The highest BCUT2D eigenvalue weighted by molar-refractivity contribution is 5.77. The van der Waals surface area contributed by atoms with Crippen LogP contribution in [0.1, 0.15) is 6.92 Å². The summed E-state index contributed by atoms with van der Waals surface area (Å²) < 4.78 is 16.2. The average molecular weight is 274 g/mol. The minimum atomic E-state index is 0.171. The predicted molar refractivity (Wildman–Crippen MR) is 77.8 cm³/mol. The number of phenols is 1. The number of phenolic OH excluding ortho intramolecular Hbond substituents is 1. The van der Waals surface area contributed by atoms with Gasteiger partial charge >= 0.3 is 0 Å². The van der Waals surface area contributed by atoms with Gasteiger partial charge in [-0.1, -0.05) is 0 Å². The molecule has 0 aromatic heterocycles. The quantitative estimate of drug-likeness (QED) is 0.906. The summed E-state index contributed by atoms with van der Waals surface area (Å²) >= 11 is 0. The molecule has 0 atom stereocenters. The number of benzene rings is 2. The van der Waals surface area contributed by atoms with Gasteiger partial charge in [0.05, 0.1) is 20.8 Å². The maximum absolute atomic E-state index is 9.59. The first-order valence-corrected chi connectivity index (χ1v) is 6.37. The van der Waals surface area contributed by atoms with Crippen LogP contribution in [-0.4, -0.2) is 25.9 Å². The van der Waals surface area contributed by atoms with E-state index in [0.29, 0.717) is 18.1 Å². The van der Waals surface area contributed by atoms with Crippen LogP contribution in [0.25, 0.3) is 11.1 Å². The number of rotatable bonds is 5. The molecule has 0 aliphatic rings. The number of ether oxygens (including phenoxy) is 3. The Morgan fingerprint density at radius 3 is 2.25 bits per heavy atom. The zero-order chi connectivity index (χ0) is 14.5. The highest BCUT2D eigenvalue weighted by atomic mass is 16.5. The van der Waals surface area contributed by atoms with E-state index in [1.54, 1.807) is 26.4 Å². The van der Waals surface area contributed by atoms with Crippen LogP contribution in [0.5, 0.6) is 23.0 Å². The normalized spacial score (nSPS) is 10.2. The summed E-state index contributed by atoms with van der Waals surface area (Å²) in [5.41, 5.74) is 1.75. The largest absolute Gasteiger partial charge is 0.508 e. The Morgan fingerprint density at radius 2 is 1.60 bits per heavy atom. The Morgan fingerprint density at radius 1 is 0.900 bits per heavy atom. The lowest BCUT2D eigenvalue weighted by Crippen LogP contribution is -1.96. The highest BCUT2D eigenvalue weighted by Crippen LogP contribution is 2.39. The molecule has 2 aromatic carbocycles. The smallest absolute Gasteiger partial charge is 0.130 e. The number of hydrogen-bond acceptors (Lipinski definition) is 4. The SMILES string of the molecule is CCOc1cc(O)ccc1-c1ccc(OC)cc1OC. The summed E-state index contributed by atoms with van der Waals surface area (Å²) in [6.07, 6.45) is 0. The molecule has 0 fully saturated rings. The molecular formula is C16H18O4. The molecule has 20 heavy (non-hydrogen) atoms. The van der Waals surface area contributed by atoms with E-state index in [2.05, 4.69) is 0 Å². The molecule has 4 nitrogen and oxygen atoms in total. The number of methoxy groups -OCH3 is 2. The molecule has 0 aliphatic carbocycles. The monoisotopic (exact) mass is 274 g/mol. The van der Waals surface area contributed by atoms with Gasteiger partial charge in [-0.15, -0.1) is 0 Å². The lowest BCUT2D eigenvalue weighted by molar-refractivity contribution is 0.338. The van der Waals surface area contributed by atoms with Crippen LogP contribution >= 0.6 is 0 Å². The third-order valence-electron chi connectivity index (χ3n) is 2.96. The first-order valence-electron chi connectivity index (χ1n) is 6.37. The lowest BCUT2D eigenvalue weighted by Gasteiger charge is -2.14. The second kappa shape index (κ2) is 6.19. The van der Waals surface area contributed by atoms with Gasteiger partial charge in [0, 0.05) is 23.3 Å². The van der Waals surface area contributed by atoms with Crippen molar-refractivity contribution in [3.8, 4) is 34.1 Å². The fourth-order valence-corrected chi connectivity index (χ4v) is 2.03. The van der Waals surface area contributed by atoms with Crippen molar-refractivity contribution < 1.29 is 19.3 Å². The first-order chi connectivity index (χ1) is 9.69. The summed E-state index contributed by atoms with van der Waals surface area (Å²) in [6, 6.07) is 10.6. The van der Waals surface area contributed by atoms with Gasteiger partial charge in [0.1, 0.15) is 23.0 Å². The second-order valence-electron chi connectivity index (χ2n) is 4.18. The molecule has 0 unspecified atom stereocenters. The van der Waals surface area contributed by atoms with Gasteiger partial charge in [-0.05, 0) is 31.2 Å². The summed E-state index contributed by atoms with van der Waals surface area (Å²) in [5, 5.41) is 9.59. The minimum absolute atomic E-state index is 0.171. The fraction of sp³-hybridized carbons (Fsp3) is 0.250. The van der Waals surface area contributed by atoms with Gasteiger partial charge in [-0.25, -0.2) is 0 Å². The lowest BCUT2D eigenvalue weighted by atomic mass is 10.0. The van der Waals surface area contributed by atoms with Crippen molar-refractivity contribution in [3.05, 3.63) is 36.4 Å². The van der Waals surface area contributed by atoms with Gasteiger partial charge in [0.15, 0.2) is 0 Å². The van der Waals surface area contributed by atoms with E-state index in [0.717, 1.165) is 16.9 Å². The van der Waals surface area contributed by atoms with E-state index in [1.165, 1.54) is 0 Å². The molecule has 0 amide bonds. The second-order valence-corrected chi connectivity index (χ2v) is 4.18. The standard InChI is InChI=1S/C16H18O4/c1-4-20-16-9-11(17)5-7-14(16)13-8-6-12(18-2)10-15(13)19-3/h5-10,17H,4H2,1-3H3. The highest BCUT2D eigenvalue weighted by Gasteiger charge is 2.13. The molecule has 0 aliphatic heterocycles. The van der Waals surface area contributed by atoms with Crippen LogP contribution < -0.4 is 14.2 Å². The van der Waals surface area contributed by atoms with Crippen LogP contribution in [-0.2, 0) is 0 Å². The molecule has 0 heterocycles. The van der Waals surface area contributed by atoms with Crippen molar-refractivity contribution in [1.29, 1.82) is 0 Å². The van der Waals surface area contributed by atoms with Crippen molar-refractivity contribution >= 4 is 0 Å². The summed E-state index contributed by atoms with van der Waals surface area (Å²) in [4.78, 5) is 0. The zero-order valence-corrected chi connectivity index (χ0v) is 11.8. The van der Waals surface area contributed by atoms with E-state index >= 15 is 0 Å². The van der Waals surface area contributed by atoms with Gasteiger partial charge in [0.2, 0.25) is 0 Å². The summed E-state index contributed by atoms with van der Waals surface area (Å²) in [5.74, 6) is 2.21. The summed E-state index contributed by atoms with van der Waals surface area (Å²) in [7, 11) is 3.22. The molecule has 0 bridgehead atoms. The summed E-state index contributed by atoms with van der Waals surface area (Å²) in [6.45, 7) is 2.42. The Balaban J connectivity index is 2.55. The van der Waals surface area contributed by atoms with Crippen LogP contribution in [0.4, 0.5) is 0 Å². The predicted octanol–water partition coefficient (Wildman–Crippen LogP) is 3.48. The van der Waals surface area contributed by atoms with Crippen molar-refractivity contribution in [2.45, 2.75) is 6.92 Å². The van der Waals surface area contributed by atoms with Crippen molar-refractivity contribution in [1.82, 2.24) is 0 Å². The Hall–Kier alpha value is -2.36. The molecule has 0 spiro atoms. The Labute approximate surface area is 118 Å². The van der Waals surface area contributed by atoms with Crippen molar-refractivity contribution in [3.63, 3.8) is 0 Å². The number of hydrogen-bond donors (Lipinski definition) is 1. The van der Waals surface area contributed by atoms with E-state index in [9.17, 15) is 5.11 Å². The molecule has 2 aromatic rings. The van der Waals surface area contributed by atoms with Crippen LogP contribution in [0, 0.1) is 0 Å². The van der Waals surface area contributed by atoms with Crippen LogP contribution in [0.15, 0.2) is 36.4 Å². The Kier molecular flexibility index (Phi) is 4.35. The van der Waals surface area contributed by atoms with Gasteiger partial charge in [-0.3, -0.25) is 0 Å². The zero-order valence-electron chi connectivity index (χ0n) is 11.8. The fourth-order valence-electron chi connectivity index (χ4n) is 2.03. The maximum atomic E-state index is 9.59. The van der Waals surface area contributed by atoms with Crippen LogP contribution in [0.2, 0.25) is 0 Å². The number of aromatic hydroxyl groups is 1. The first kappa shape index (κ1) is 14.1. The van der Waals surface area contributed by atoms with E-state index < -0.39 is 0 Å². The molecule has 2 rings (SSSR count). The van der Waals surface area contributed by atoms with Gasteiger partial charge in [0.25, 0.3) is 0 Å². The van der Waals surface area contributed by atoms with Gasteiger partial charge < -0.3 is 19.3 Å². The molecule has 1 N–H and O–H groups in total. The minimum Gasteiger partial charge on any atom is -0.508 e. The van der Waals surface area contributed by atoms with E-state index in [-0.39, 0.29) is 5.75 Å². The van der Waals surface area contributed by atoms with Crippen molar-refractivity contribution in [2.75, 3.05) is 20.8 Å². The third-order valence-corrected chi connectivity index (χ3v) is 2.96. The Bertz CT molecular complexity index is 593. The molecular weight excluding hydrogens is 256 g/mol. The molecule has 4 heteroatoms.